The molecule has 0 unspecified atom stereocenters. The molecular weight excluding hydrogens is 361 g/mol. The number of hydrogen-bond acceptors (Lipinski definition) is 3. The Bertz CT molecular complexity index is 812. The fourth-order valence-corrected chi connectivity index (χ4v) is 2.38. The summed E-state index contributed by atoms with van der Waals surface area (Å²) in [5, 5.41) is 4.94. The molecule has 0 aliphatic carbocycles. The van der Waals surface area contributed by atoms with E-state index in [4.69, 9.17) is 0 Å². The molecule has 0 bridgehead atoms. The summed E-state index contributed by atoms with van der Waals surface area (Å²) in [6, 6.07) is 10.1. The number of rotatable bonds is 7. The van der Waals surface area contributed by atoms with Crippen LogP contribution in [-0.4, -0.2) is 24.5 Å². The van der Waals surface area contributed by atoms with E-state index in [1.807, 2.05) is 0 Å². The molecule has 0 heterocycles. The van der Waals surface area contributed by atoms with Crippen molar-refractivity contribution in [3.63, 3.8) is 0 Å². The van der Waals surface area contributed by atoms with Gasteiger partial charge >= 0.3 is 6.61 Å². The first-order valence-corrected chi connectivity index (χ1v) is 8.19. The molecule has 2 rings (SSSR count). The van der Waals surface area contributed by atoms with Crippen LogP contribution in [0.2, 0.25) is 0 Å². The zero-order chi connectivity index (χ0) is 20.0. The molecule has 0 saturated heterocycles. The van der Waals surface area contributed by atoms with Gasteiger partial charge in [-0.1, -0.05) is 38.1 Å². The molecule has 0 aliphatic rings. The molecule has 0 saturated carbocycles. The number of carbonyl (C=O) groups excluding carboxylic acids is 2. The molecule has 0 aromatic heterocycles. The van der Waals surface area contributed by atoms with E-state index in [9.17, 15) is 22.8 Å². The second-order valence-electron chi connectivity index (χ2n) is 6.04. The summed E-state index contributed by atoms with van der Waals surface area (Å²) in [6.07, 6.45) is 0. The molecule has 2 amide bonds. The molecule has 0 aliphatic heterocycles. The van der Waals surface area contributed by atoms with Crippen molar-refractivity contribution >= 4 is 17.5 Å². The number of carbonyl (C=O) groups is 2. The number of ether oxygens (including phenoxy) is 1. The van der Waals surface area contributed by atoms with E-state index < -0.39 is 30.3 Å². The van der Waals surface area contributed by atoms with E-state index in [0.717, 1.165) is 6.07 Å². The zero-order valence-corrected chi connectivity index (χ0v) is 14.7. The lowest BCUT2D eigenvalue weighted by Crippen LogP contribution is -2.47. The highest BCUT2D eigenvalue weighted by molar-refractivity contribution is 6.01. The minimum absolute atomic E-state index is 0.0357. The van der Waals surface area contributed by atoms with Crippen LogP contribution in [-0.2, 0) is 4.79 Å². The molecule has 144 valence electrons. The summed E-state index contributed by atoms with van der Waals surface area (Å²) in [5.41, 5.74) is -0.161. The minimum atomic E-state index is -3.05. The molecule has 2 aromatic rings. The van der Waals surface area contributed by atoms with Crippen LogP contribution in [0.5, 0.6) is 5.75 Å². The van der Waals surface area contributed by atoms with Crippen molar-refractivity contribution in [1.82, 2.24) is 5.32 Å². The van der Waals surface area contributed by atoms with Crippen molar-refractivity contribution in [1.29, 1.82) is 0 Å². The zero-order valence-electron chi connectivity index (χ0n) is 14.7. The third kappa shape index (κ3) is 5.47. The second-order valence-corrected chi connectivity index (χ2v) is 6.04. The average molecular weight is 380 g/mol. The standard InChI is InChI=1S/C19H19F3N2O3/c1-11(2)16(24-17(25)12-7-3-4-8-13(12)20)18(26)23-14-9-5-6-10-15(14)27-19(21)22/h3-11,16,19H,1-2H3,(H,23,26)(H,24,25)/t16-/m0/s1. The van der Waals surface area contributed by atoms with Crippen molar-refractivity contribution in [2.75, 3.05) is 5.32 Å². The largest absolute Gasteiger partial charge is 0.433 e. The molecule has 5 nitrogen and oxygen atoms in total. The lowest BCUT2D eigenvalue weighted by atomic mass is 10.0. The van der Waals surface area contributed by atoms with E-state index >= 15 is 0 Å². The summed E-state index contributed by atoms with van der Waals surface area (Å²) >= 11 is 0. The number of alkyl halides is 2. The minimum Gasteiger partial charge on any atom is -0.433 e. The number of amides is 2. The third-order valence-electron chi connectivity index (χ3n) is 3.72. The highest BCUT2D eigenvalue weighted by atomic mass is 19.3. The topological polar surface area (TPSA) is 67.4 Å². The smallest absolute Gasteiger partial charge is 0.387 e. The molecule has 1 atom stereocenters. The summed E-state index contributed by atoms with van der Waals surface area (Å²) in [7, 11) is 0. The molecule has 2 N–H and O–H groups in total. The van der Waals surface area contributed by atoms with Gasteiger partial charge in [0.15, 0.2) is 0 Å². The van der Waals surface area contributed by atoms with Crippen LogP contribution in [0.25, 0.3) is 0 Å². The van der Waals surface area contributed by atoms with Crippen LogP contribution in [0.3, 0.4) is 0 Å². The van der Waals surface area contributed by atoms with Crippen LogP contribution in [0.1, 0.15) is 24.2 Å². The summed E-state index contributed by atoms with van der Waals surface area (Å²) in [6.45, 7) is 0.325. The Balaban J connectivity index is 2.16. The maximum absolute atomic E-state index is 13.8. The van der Waals surface area contributed by atoms with Crippen LogP contribution >= 0.6 is 0 Å². The van der Waals surface area contributed by atoms with Crippen molar-refractivity contribution in [3.05, 3.63) is 59.9 Å². The summed E-state index contributed by atoms with van der Waals surface area (Å²) in [4.78, 5) is 24.9. The highest BCUT2D eigenvalue weighted by Crippen LogP contribution is 2.26. The van der Waals surface area contributed by atoms with E-state index in [1.165, 1.54) is 42.5 Å². The predicted octanol–water partition coefficient (Wildman–Crippen LogP) is 3.82. The van der Waals surface area contributed by atoms with Crippen LogP contribution in [0, 0.1) is 11.7 Å². The molecule has 0 radical (unpaired) electrons. The molecule has 27 heavy (non-hydrogen) atoms. The molecular formula is C19H19F3N2O3. The Kier molecular flexibility index (Phi) is 6.81. The van der Waals surface area contributed by atoms with Crippen LogP contribution < -0.4 is 15.4 Å². The Morgan fingerprint density at radius 3 is 2.26 bits per heavy atom. The first kappa shape index (κ1) is 20.3. The lowest BCUT2D eigenvalue weighted by Gasteiger charge is -2.22. The fourth-order valence-electron chi connectivity index (χ4n) is 2.38. The first-order valence-electron chi connectivity index (χ1n) is 8.19. The van der Waals surface area contributed by atoms with Crippen molar-refractivity contribution in [3.8, 4) is 5.75 Å². The Morgan fingerprint density at radius 1 is 1.00 bits per heavy atom. The molecule has 0 fully saturated rings. The van der Waals surface area contributed by atoms with Crippen LogP contribution in [0.4, 0.5) is 18.9 Å². The quantitative estimate of drug-likeness (QED) is 0.767. The molecule has 8 heteroatoms. The number of para-hydroxylation sites is 2. The van der Waals surface area contributed by atoms with Gasteiger partial charge in [0.25, 0.3) is 5.91 Å². The number of nitrogens with one attached hydrogen (secondary N) is 2. The fraction of sp³-hybridized carbons (Fsp3) is 0.263. The van der Waals surface area contributed by atoms with Crippen molar-refractivity contribution < 1.29 is 27.5 Å². The van der Waals surface area contributed by atoms with E-state index in [0.29, 0.717) is 0 Å². The Labute approximate surface area is 154 Å². The van der Waals surface area contributed by atoms with Gasteiger partial charge in [0.05, 0.1) is 11.3 Å². The number of hydrogen-bond donors (Lipinski definition) is 2. The predicted molar refractivity (Wildman–Crippen MR) is 94.2 cm³/mol. The van der Waals surface area contributed by atoms with E-state index in [-0.39, 0.29) is 22.9 Å². The monoisotopic (exact) mass is 380 g/mol. The average Bonchev–Trinajstić information content (AvgIpc) is 2.60. The Morgan fingerprint density at radius 2 is 1.63 bits per heavy atom. The van der Waals surface area contributed by atoms with Gasteiger partial charge in [-0.05, 0) is 30.2 Å². The molecule has 2 aromatic carbocycles. The summed E-state index contributed by atoms with van der Waals surface area (Å²) in [5.74, 6) is -2.65. The Hall–Kier alpha value is -3.03. The van der Waals surface area contributed by atoms with Gasteiger partial charge in [-0.25, -0.2) is 4.39 Å². The lowest BCUT2D eigenvalue weighted by molar-refractivity contribution is -0.119. The SMILES string of the molecule is CC(C)[C@H](NC(=O)c1ccccc1F)C(=O)Nc1ccccc1OC(F)F. The van der Waals surface area contributed by atoms with Gasteiger partial charge in [0, 0.05) is 0 Å². The van der Waals surface area contributed by atoms with Gasteiger partial charge in [0.2, 0.25) is 5.91 Å². The van der Waals surface area contributed by atoms with Crippen LogP contribution in [0.15, 0.2) is 48.5 Å². The van der Waals surface area contributed by atoms with E-state index in [1.54, 1.807) is 13.8 Å². The van der Waals surface area contributed by atoms with Gasteiger partial charge in [-0.2, -0.15) is 8.78 Å². The van der Waals surface area contributed by atoms with Gasteiger partial charge in [-0.15, -0.1) is 0 Å². The van der Waals surface area contributed by atoms with Crippen molar-refractivity contribution in [2.24, 2.45) is 5.92 Å². The van der Waals surface area contributed by atoms with E-state index in [2.05, 4.69) is 15.4 Å². The van der Waals surface area contributed by atoms with Crippen molar-refractivity contribution in [2.45, 2.75) is 26.5 Å². The van der Waals surface area contributed by atoms with Gasteiger partial charge in [-0.3, -0.25) is 9.59 Å². The van der Waals surface area contributed by atoms with Gasteiger partial charge < -0.3 is 15.4 Å². The normalized spacial score (nSPS) is 12.0. The summed E-state index contributed by atoms with van der Waals surface area (Å²) < 4.78 is 43.1. The maximum Gasteiger partial charge on any atom is 0.387 e. The number of benzene rings is 2. The second kappa shape index (κ2) is 9.07. The van der Waals surface area contributed by atoms with Gasteiger partial charge in [0.1, 0.15) is 17.6 Å². The third-order valence-corrected chi connectivity index (χ3v) is 3.72. The molecule has 0 spiro atoms. The number of anilines is 1. The number of halogens is 3. The maximum atomic E-state index is 13.8. The first-order chi connectivity index (χ1) is 12.8. The highest BCUT2D eigenvalue weighted by Gasteiger charge is 2.26.